The smallest absolute Gasteiger partial charge is 0.276 e. The summed E-state index contributed by atoms with van der Waals surface area (Å²) in [6.45, 7) is 4.73. The lowest BCUT2D eigenvalue weighted by molar-refractivity contribution is -0.386. The van der Waals surface area contributed by atoms with Crippen molar-refractivity contribution in [2.75, 3.05) is 19.6 Å². The van der Waals surface area contributed by atoms with Crippen molar-refractivity contribution in [3.8, 4) is 0 Å². The number of piperazine rings is 1. The Labute approximate surface area is 117 Å². The Bertz CT molecular complexity index is 459. The second-order valence-corrected chi connectivity index (χ2v) is 4.52. The van der Waals surface area contributed by atoms with E-state index in [1.54, 1.807) is 0 Å². The van der Waals surface area contributed by atoms with E-state index in [4.69, 9.17) is 0 Å². The second-order valence-electron chi connectivity index (χ2n) is 4.52. The maximum absolute atomic E-state index is 13.7. The summed E-state index contributed by atoms with van der Waals surface area (Å²) in [6, 6.07) is 4.25. The van der Waals surface area contributed by atoms with Crippen LogP contribution in [-0.4, -0.2) is 35.5 Å². The molecule has 1 fully saturated rings. The van der Waals surface area contributed by atoms with Gasteiger partial charge in [-0.25, -0.2) is 4.39 Å². The standard InChI is InChI=1S/C12H16FN3O2.ClH/c1-9-7-14-5-6-15(9)8-10-11(13)3-2-4-12(10)16(17)18;/h2-4,9,14H,5-8H2,1H3;1H/t9-;/m1./s1. The number of halogens is 2. The van der Waals surface area contributed by atoms with E-state index < -0.39 is 10.7 Å². The molecule has 1 aliphatic rings. The maximum Gasteiger partial charge on any atom is 0.276 e. The zero-order chi connectivity index (χ0) is 13.1. The van der Waals surface area contributed by atoms with Crippen LogP contribution in [0.5, 0.6) is 0 Å². The Morgan fingerprint density at radius 1 is 1.58 bits per heavy atom. The number of nitro groups is 1. The van der Waals surface area contributed by atoms with Gasteiger partial charge in [0.25, 0.3) is 5.69 Å². The lowest BCUT2D eigenvalue weighted by Gasteiger charge is -2.33. The highest BCUT2D eigenvalue weighted by Gasteiger charge is 2.24. The molecular formula is C12H17ClFN3O2. The average molecular weight is 290 g/mol. The normalized spacial score (nSPS) is 19.8. The van der Waals surface area contributed by atoms with E-state index in [1.807, 2.05) is 6.92 Å². The highest BCUT2D eigenvalue weighted by Crippen LogP contribution is 2.23. The van der Waals surface area contributed by atoms with Crippen molar-refractivity contribution in [2.45, 2.75) is 19.5 Å². The fraction of sp³-hybridized carbons (Fsp3) is 0.500. The molecule has 1 aliphatic heterocycles. The van der Waals surface area contributed by atoms with Gasteiger partial charge in [-0.05, 0) is 13.0 Å². The van der Waals surface area contributed by atoms with E-state index in [-0.39, 0.29) is 36.2 Å². The van der Waals surface area contributed by atoms with Gasteiger partial charge in [-0.3, -0.25) is 15.0 Å². The Morgan fingerprint density at radius 3 is 2.95 bits per heavy atom. The number of benzene rings is 1. The summed E-state index contributed by atoms with van der Waals surface area (Å²) in [5.74, 6) is -0.505. The minimum Gasteiger partial charge on any atom is -0.314 e. The summed E-state index contributed by atoms with van der Waals surface area (Å²) in [5.41, 5.74) is 0.0389. The van der Waals surface area contributed by atoms with Crippen LogP contribution in [0.2, 0.25) is 0 Å². The number of nitrogens with one attached hydrogen (secondary N) is 1. The van der Waals surface area contributed by atoms with Gasteiger partial charge in [-0.1, -0.05) is 6.07 Å². The van der Waals surface area contributed by atoms with Crippen LogP contribution in [-0.2, 0) is 6.54 Å². The number of hydrogen-bond donors (Lipinski definition) is 1. The first kappa shape index (κ1) is 15.8. The van der Waals surface area contributed by atoms with E-state index in [9.17, 15) is 14.5 Å². The third-order valence-electron chi connectivity index (χ3n) is 3.29. The van der Waals surface area contributed by atoms with Crippen LogP contribution < -0.4 is 5.32 Å². The molecule has 1 aromatic rings. The number of rotatable bonds is 3. The van der Waals surface area contributed by atoms with E-state index in [0.29, 0.717) is 0 Å². The monoisotopic (exact) mass is 289 g/mol. The predicted molar refractivity (Wildman–Crippen MR) is 73.0 cm³/mol. The molecule has 0 aliphatic carbocycles. The van der Waals surface area contributed by atoms with Gasteiger partial charge in [0.2, 0.25) is 0 Å². The van der Waals surface area contributed by atoms with Gasteiger partial charge in [-0.2, -0.15) is 0 Å². The van der Waals surface area contributed by atoms with Crippen molar-refractivity contribution in [1.82, 2.24) is 10.2 Å². The molecule has 0 saturated carbocycles. The van der Waals surface area contributed by atoms with Gasteiger partial charge in [0.15, 0.2) is 0 Å². The molecule has 0 spiro atoms. The van der Waals surface area contributed by atoms with Crippen molar-refractivity contribution in [2.24, 2.45) is 0 Å². The number of nitrogens with zero attached hydrogens (tertiary/aromatic N) is 2. The number of hydrogen-bond acceptors (Lipinski definition) is 4. The van der Waals surface area contributed by atoms with E-state index in [0.717, 1.165) is 19.6 Å². The van der Waals surface area contributed by atoms with Gasteiger partial charge in [0, 0.05) is 38.3 Å². The lowest BCUT2D eigenvalue weighted by atomic mass is 10.1. The Morgan fingerprint density at radius 2 is 2.32 bits per heavy atom. The first-order chi connectivity index (χ1) is 8.59. The van der Waals surface area contributed by atoms with E-state index in [1.165, 1.54) is 18.2 Å². The first-order valence-corrected chi connectivity index (χ1v) is 5.96. The van der Waals surface area contributed by atoms with E-state index in [2.05, 4.69) is 10.2 Å². The molecule has 0 radical (unpaired) electrons. The summed E-state index contributed by atoms with van der Waals surface area (Å²) in [4.78, 5) is 12.4. The molecule has 1 heterocycles. The summed E-state index contributed by atoms with van der Waals surface area (Å²) < 4.78 is 13.7. The van der Waals surface area contributed by atoms with Gasteiger partial charge in [-0.15, -0.1) is 12.4 Å². The van der Waals surface area contributed by atoms with Crippen LogP contribution in [0, 0.1) is 15.9 Å². The average Bonchev–Trinajstić information content (AvgIpc) is 2.34. The first-order valence-electron chi connectivity index (χ1n) is 5.96. The molecule has 19 heavy (non-hydrogen) atoms. The molecule has 106 valence electrons. The molecule has 5 nitrogen and oxygen atoms in total. The molecule has 7 heteroatoms. The van der Waals surface area contributed by atoms with Gasteiger partial charge in [0.05, 0.1) is 10.5 Å². The fourth-order valence-electron chi connectivity index (χ4n) is 2.20. The molecule has 1 aromatic carbocycles. The van der Waals surface area contributed by atoms with Crippen LogP contribution in [0.25, 0.3) is 0 Å². The Kier molecular flexibility index (Phi) is 5.65. The van der Waals surface area contributed by atoms with Crippen molar-refractivity contribution in [1.29, 1.82) is 0 Å². The number of nitro benzene ring substituents is 1. The molecule has 0 unspecified atom stereocenters. The van der Waals surface area contributed by atoms with Crippen molar-refractivity contribution >= 4 is 18.1 Å². The van der Waals surface area contributed by atoms with Crippen LogP contribution in [0.4, 0.5) is 10.1 Å². The van der Waals surface area contributed by atoms with Crippen LogP contribution in [0.3, 0.4) is 0 Å². The molecule has 0 amide bonds. The topological polar surface area (TPSA) is 58.4 Å². The quantitative estimate of drug-likeness (QED) is 0.682. The predicted octanol–water partition coefficient (Wildman–Crippen LogP) is 1.95. The molecular weight excluding hydrogens is 273 g/mol. The molecule has 0 aromatic heterocycles. The minimum absolute atomic E-state index is 0. The van der Waals surface area contributed by atoms with Gasteiger partial charge >= 0.3 is 0 Å². The Hall–Kier alpha value is -1.24. The molecule has 1 saturated heterocycles. The Balaban J connectivity index is 0.00000180. The minimum atomic E-state index is -0.523. The third-order valence-corrected chi connectivity index (χ3v) is 3.29. The van der Waals surface area contributed by atoms with Crippen LogP contribution >= 0.6 is 12.4 Å². The fourth-order valence-corrected chi connectivity index (χ4v) is 2.20. The van der Waals surface area contributed by atoms with Gasteiger partial charge in [0.1, 0.15) is 5.82 Å². The SMILES string of the molecule is C[C@@H]1CNCCN1Cc1c(F)cccc1[N+](=O)[O-].Cl. The molecule has 0 bridgehead atoms. The van der Waals surface area contributed by atoms with Gasteiger partial charge < -0.3 is 5.32 Å². The summed E-state index contributed by atoms with van der Waals surface area (Å²) in [5, 5.41) is 14.1. The zero-order valence-corrected chi connectivity index (χ0v) is 11.5. The van der Waals surface area contributed by atoms with Crippen molar-refractivity contribution in [3.05, 3.63) is 39.7 Å². The molecule has 1 N–H and O–H groups in total. The van der Waals surface area contributed by atoms with Crippen molar-refractivity contribution < 1.29 is 9.31 Å². The maximum atomic E-state index is 13.7. The molecule has 2 rings (SSSR count). The lowest BCUT2D eigenvalue weighted by Crippen LogP contribution is -2.49. The van der Waals surface area contributed by atoms with Crippen molar-refractivity contribution in [3.63, 3.8) is 0 Å². The molecule has 1 atom stereocenters. The highest BCUT2D eigenvalue weighted by atomic mass is 35.5. The summed E-state index contributed by atoms with van der Waals surface area (Å²) in [7, 11) is 0. The largest absolute Gasteiger partial charge is 0.314 e. The highest BCUT2D eigenvalue weighted by molar-refractivity contribution is 5.85. The second kappa shape index (κ2) is 6.79. The zero-order valence-electron chi connectivity index (χ0n) is 10.6. The van der Waals surface area contributed by atoms with Crippen LogP contribution in [0.15, 0.2) is 18.2 Å². The summed E-state index contributed by atoms with van der Waals surface area (Å²) in [6.07, 6.45) is 0. The van der Waals surface area contributed by atoms with E-state index >= 15 is 0 Å². The summed E-state index contributed by atoms with van der Waals surface area (Å²) >= 11 is 0. The third kappa shape index (κ3) is 3.62. The van der Waals surface area contributed by atoms with Crippen LogP contribution in [0.1, 0.15) is 12.5 Å².